The minimum absolute atomic E-state index is 0.0190. The van der Waals surface area contributed by atoms with Crippen LogP contribution in [0.1, 0.15) is 47.8 Å². The number of carbonyl (C=O) groups is 1. The maximum atomic E-state index is 12.9. The van der Waals surface area contributed by atoms with E-state index in [4.69, 9.17) is 0 Å². The van der Waals surface area contributed by atoms with Crippen LogP contribution in [0, 0.1) is 11.3 Å². The number of benzene rings is 2. The third kappa shape index (κ3) is 6.21. The first kappa shape index (κ1) is 24.2. The standard InChI is InChI=1S/C21H19F6N3O/c1-19(2,3)13-6-4-12(5-7-13)18(31)17(11-28)30-29-16-9-14(20(22,23)24)8-15(10-16)21(25,26)27/h4-10,17,29-30H,1-3H3. The summed E-state index contributed by atoms with van der Waals surface area (Å²) in [4.78, 5) is 12.5. The molecule has 2 aromatic rings. The van der Waals surface area contributed by atoms with Gasteiger partial charge in [-0.05, 0) is 29.2 Å². The first-order valence-electron chi connectivity index (χ1n) is 8.98. The lowest BCUT2D eigenvalue weighted by atomic mass is 9.86. The molecule has 166 valence electrons. The minimum Gasteiger partial charge on any atom is -0.320 e. The van der Waals surface area contributed by atoms with Crippen molar-refractivity contribution in [2.75, 3.05) is 5.43 Å². The van der Waals surface area contributed by atoms with Gasteiger partial charge < -0.3 is 5.43 Å². The van der Waals surface area contributed by atoms with Crippen LogP contribution in [-0.4, -0.2) is 11.8 Å². The zero-order valence-electron chi connectivity index (χ0n) is 16.7. The van der Waals surface area contributed by atoms with Gasteiger partial charge in [0.15, 0.2) is 11.8 Å². The number of nitrogens with one attached hydrogen (secondary N) is 2. The molecule has 0 aliphatic heterocycles. The second-order valence-corrected chi connectivity index (χ2v) is 7.82. The van der Waals surface area contributed by atoms with Gasteiger partial charge in [0.05, 0.1) is 17.2 Å². The molecule has 0 heterocycles. The lowest BCUT2D eigenvalue weighted by molar-refractivity contribution is -0.143. The number of carbonyl (C=O) groups excluding carboxylic acids is 1. The van der Waals surface area contributed by atoms with E-state index in [-0.39, 0.29) is 17.0 Å². The number of rotatable bonds is 5. The zero-order valence-corrected chi connectivity index (χ0v) is 16.7. The molecule has 2 rings (SSSR count). The van der Waals surface area contributed by atoms with Crippen molar-refractivity contribution in [3.63, 3.8) is 0 Å². The quantitative estimate of drug-likeness (QED) is 0.353. The van der Waals surface area contributed by atoms with E-state index in [1.165, 1.54) is 12.1 Å². The minimum atomic E-state index is -5.02. The molecule has 1 atom stereocenters. The number of nitriles is 1. The average Bonchev–Trinajstić information content (AvgIpc) is 2.66. The maximum Gasteiger partial charge on any atom is 0.416 e. The third-order valence-corrected chi connectivity index (χ3v) is 4.38. The Morgan fingerprint density at radius 3 is 1.74 bits per heavy atom. The predicted octanol–water partition coefficient (Wildman–Crippen LogP) is 5.71. The topological polar surface area (TPSA) is 64.9 Å². The van der Waals surface area contributed by atoms with E-state index in [1.807, 2.05) is 20.8 Å². The first-order valence-corrected chi connectivity index (χ1v) is 8.98. The van der Waals surface area contributed by atoms with Crippen LogP contribution in [0.5, 0.6) is 0 Å². The molecule has 0 aliphatic rings. The summed E-state index contributed by atoms with van der Waals surface area (Å²) in [5, 5.41) is 9.25. The highest BCUT2D eigenvalue weighted by atomic mass is 19.4. The molecule has 2 aromatic carbocycles. The maximum absolute atomic E-state index is 12.9. The van der Waals surface area contributed by atoms with Crippen LogP contribution in [0.25, 0.3) is 0 Å². The van der Waals surface area contributed by atoms with Crippen LogP contribution in [0.3, 0.4) is 0 Å². The van der Waals surface area contributed by atoms with E-state index in [9.17, 15) is 36.4 Å². The van der Waals surface area contributed by atoms with Crippen LogP contribution in [-0.2, 0) is 17.8 Å². The Kier molecular flexibility index (Phi) is 6.71. The average molecular weight is 443 g/mol. The molecule has 0 aliphatic carbocycles. The van der Waals surface area contributed by atoms with Crippen molar-refractivity contribution in [3.05, 3.63) is 64.7 Å². The van der Waals surface area contributed by atoms with E-state index in [0.717, 1.165) is 5.56 Å². The highest BCUT2D eigenvalue weighted by Crippen LogP contribution is 2.37. The molecule has 0 saturated heterocycles. The molecule has 0 fully saturated rings. The molecule has 1 unspecified atom stereocenters. The van der Waals surface area contributed by atoms with Gasteiger partial charge in [-0.25, -0.2) is 5.43 Å². The summed E-state index contributed by atoms with van der Waals surface area (Å²) in [5.41, 5.74) is 1.59. The highest BCUT2D eigenvalue weighted by molar-refractivity contribution is 6.02. The van der Waals surface area contributed by atoms with Crippen molar-refractivity contribution < 1.29 is 31.1 Å². The van der Waals surface area contributed by atoms with Crippen molar-refractivity contribution in [1.29, 1.82) is 5.26 Å². The molecule has 31 heavy (non-hydrogen) atoms. The summed E-state index contributed by atoms with van der Waals surface area (Å²) in [7, 11) is 0. The number of hydrogen-bond donors (Lipinski definition) is 2. The number of anilines is 1. The van der Waals surface area contributed by atoms with Crippen molar-refractivity contribution in [1.82, 2.24) is 5.43 Å². The van der Waals surface area contributed by atoms with Crippen molar-refractivity contribution in [2.24, 2.45) is 0 Å². The number of halogens is 6. The summed E-state index contributed by atoms with van der Waals surface area (Å²) < 4.78 is 77.7. The van der Waals surface area contributed by atoms with Crippen LogP contribution >= 0.6 is 0 Å². The Bertz CT molecular complexity index is 950. The van der Waals surface area contributed by atoms with Gasteiger partial charge in [-0.1, -0.05) is 45.0 Å². The second-order valence-electron chi connectivity index (χ2n) is 7.82. The number of hydrazine groups is 1. The molecule has 10 heteroatoms. The van der Waals surface area contributed by atoms with Crippen LogP contribution in [0.2, 0.25) is 0 Å². The Morgan fingerprint density at radius 1 is 0.871 bits per heavy atom. The number of ketones is 1. The van der Waals surface area contributed by atoms with Gasteiger partial charge in [-0.3, -0.25) is 4.79 Å². The number of alkyl halides is 6. The van der Waals surface area contributed by atoms with E-state index in [1.54, 1.807) is 18.2 Å². The summed E-state index contributed by atoms with van der Waals surface area (Å²) in [6.45, 7) is 5.91. The lowest BCUT2D eigenvalue weighted by Crippen LogP contribution is -2.39. The van der Waals surface area contributed by atoms with Gasteiger partial charge in [0.25, 0.3) is 0 Å². The second kappa shape index (κ2) is 8.59. The molecular formula is C21H19F6N3O. The fraction of sp³-hybridized carbons (Fsp3) is 0.333. The van der Waals surface area contributed by atoms with Gasteiger partial charge in [0, 0.05) is 11.3 Å². The van der Waals surface area contributed by atoms with E-state index in [0.29, 0.717) is 12.1 Å². The van der Waals surface area contributed by atoms with Crippen LogP contribution in [0.4, 0.5) is 32.0 Å². The SMILES string of the molecule is CC(C)(C)c1ccc(C(=O)C(C#N)NNc2cc(C(F)(F)F)cc(C(F)(F)F)c2)cc1. The third-order valence-electron chi connectivity index (χ3n) is 4.38. The number of nitrogens with zero attached hydrogens (tertiary/aromatic N) is 1. The molecule has 4 nitrogen and oxygen atoms in total. The van der Waals surface area contributed by atoms with Gasteiger partial charge >= 0.3 is 12.4 Å². The normalized spacial score (nSPS) is 13.4. The van der Waals surface area contributed by atoms with Crippen LogP contribution in [0.15, 0.2) is 42.5 Å². The Hall–Kier alpha value is -3.06. The zero-order chi connectivity index (χ0) is 23.6. The Morgan fingerprint density at radius 2 is 1.35 bits per heavy atom. The molecule has 0 amide bonds. The van der Waals surface area contributed by atoms with E-state index in [2.05, 4.69) is 10.9 Å². The summed E-state index contributed by atoms with van der Waals surface area (Å²) in [6, 6.07) is 7.37. The van der Waals surface area contributed by atoms with E-state index < -0.39 is 41.0 Å². The fourth-order valence-electron chi connectivity index (χ4n) is 2.64. The summed E-state index contributed by atoms with van der Waals surface area (Å²) in [6.07, 6.45) is -10.0. The molecule has 0 saturated carbocycles. The molecular weight excluding hydrogens is 424 g/mol. The van der Waals surface area contributed by atoms with Gasteiger partial charge in [-0.2, -0.15) is 31.6 Å². The predicted molar refractivity (Wildman–Crippen MR) is 102 cm³/mol. The van der Waals surface area contributed by atoms with Crippen molar-refractivity contribution in [2.45, 2.75) is 44.6 Å². The Labute approximate surface area is 174 Å². The molecule has 0 radical (unpaired) electrons. The van der Waals surface area contributed by atoms with Gasteiger partial charge in [0.1, 0.15) is 0 Å². The molecule has 0 bridgehead atoms. The van der Waals surface area contributed by atoms with Gasteiger partial charge in [-0.15, -0.1) is 0 Å². The lowest BCUT2D eigenvalue weighted by Gasteiger charge is -2.19. The Balaban J connectivity index is 2.24. The molecule has 2 N–H and O–H groups in total. The first-order chi connectivity index (χ1) is 14.1. The summed E-state index contributed by atoms with van der Waals surface area (Å²) >= 11 is 0. The van der Waals surface area contributed by atoms with Crippen LogP contribution < -0.4 is 10.9 Å². The summed E-state index contributed by atoms with van der Waals surface area (Å²) in [5.74, 6) is -0.696. The number of hydrogen-bond acceptors (Lipinski definition) is 4. The largest absolute Gasteiger partial charge is 0.416 e. The number of Topliss-reactive ketones (excluding diaryl/α,β-unsaturated/α-hetero) is 1. The highest BCUT2D eigenvalue weighted by Gasteiger charge is 2.37. The van der Waals surface area contributed by atoms with Gasteiger partial charge in [0.2, 0.25) is 0 Å². The molecule has 0 aromatic heterocycles. The van der Waals surface area contributed by atoms with Crippen molar-refractivity contribution >= 4 is 11.5 Å². The fourth-order valence-corrected chi connectivity index (χ4v) is 2.64. The smallest absolute Gasteiger partial charge is 0.320 e. The monoisotopic (exact) mass is 443 g/mol. The molecule has 0 spiro atoms. The van der Waals surface area contributed by atoms with Crippen molar-refractivity contribution in [3.8, 4) is 6.07 Å². The van der Waals surface area contributed by atoms with E-state index >= 15 is 0 Å².